The van der Waals surface area contributed by atoms with Crippen LogP contribution in [0, 0.1) is 0 Å². The molecule has 0 amide bonds. The lowest BCUT2D eigenvalue weighted by Gasteiger charge is -2.03. The Bertz CT molecular complexity index is 870. The number of nitrogens with two attached hydrogens (primary N) is 1. The highest BCUT2D eigenvalue weighted by atomic mass is 32.2. The maximum atomic E-state index is 12.4. The van der Waals surface area contributed by atoms with Crippen LogP contribution < -0.4 is 5.14 Å². The fourth-order valence-electron chi connectivity index (χ4n) is 1.62. The Morgan fingerprint density at radius 2 is 1.67 bits per heavy atom. The van der Waals surface area contributed by atoms with Gasteiger partial charge in [0.15, 0.2) is 5.69 Å². The van der Waals surface area contributed by atoms with Crippen LogP contribution in [0.4, 0.5) is 13.2 Å². The molecular weight excluding hydrogens is 415 g/mol. The highest BCUT2D eigenvalue weighted by molar-refractivity contribution is 7.89. The van der Waals surface area contributed by atoms with E-state index in [1.807, 2.05) is 20.8 Å². The molecule has 0 radical (unpaired) electrons. The first-order valence-corrected chi connectivity index (χ1v) is 10.9. The molecule has 0 aliphatic heterocycles. The van der Waals surface area contributed by atoms with E-state index in [0.717, 1.165) is 17.1 Å². The van der Waals surface area contributed by atoms with Gasteiger partial charge in [0, 0.05) is 11.9 Å². The van der Waals surface area contributed by atoms with Gasteiger partial charge in [0.05, 0.1) is 11.2 Å². The van der Waals surface area contributed by atoms with Gasteiger partial charge in [-0.15, -0.1) is 6.58 Å². The second-order valence-corrected chi connectivity index (χ2v) is 7.16. The first-order chi connectivity index (χ1) is 13.9. The minimum absolute atomic E-state index is 0.118. The van der Waals surface area contributed by atoms with Crippen molar-refractivity contribution in [2.75, 3.05) is 0 Å². The summed E-state index contributed by atoms with van der Waals surface area (Å²) in [7, 11) is -3.82. The molecule has 2 N–H and O–H groups in total. The topological polar surface area (TPSA) is 78.0 Å². The molecule has 0 saturated heterocycles. The molecule has 0 fully saturated rings. The number of hydrogen-bond donors (Lipinski definition) is 1. The maximum Gasteiger partial charge on any atom is 0.434 e. The summed E-state index contributed by atoms with van der Waals surface area (Å²) in [6, 6.07) is 5.08. The van der Waals surface area contributed by atoms with Crippen LogP contribution in [-0.4, -0.2) is 18.0 Å². The number of halogens is 3. The molecule has 0 saturated carbocycles. The second-order valence-electron chi connectivity index (χ2n) is 5.60. The molecule has 0 atom stereocenters. The van der Waals surface area contributed by atoms with Gasteiger partial charge in [0.1, 0.15) is 0 Å². The minimum atomic E-state index is -4.52. The first-order valence-electron chi connectivity index (χ1n) is 9.33. The molecule has 0 aliphatic rings. The molecule has 1 aromatic heterocycles. The summed E-state index contributed by atoms with van der Waals surface area (Å²) < 4.78 is 60.3. The summed E-state index contributed by atoms with van der Waals surface area (Å²) >= 11 is 0. The van der Waals surface area contributed by atoms with E-state index < -0.39 is 21.9 Å². The number of imidazole rings is 1. The van der Waals surface area contributed by atoms with Crippen molar-refractivity contribution in [3.63, 3.8) is 0 Å². The van der Waals surface area contributed by atoms with Crippen LogP contribution in [0.5, 0.6) is 0 Å². The van der Waals surface area contributed by atoms with Crippen LogP contribution in [-0.2, 0) is 16.2 Å². The summed E-state index contributed by atoms with van der Waals surface area (Å²) in [6.45, 7) is 15.6. The number of benzene rings is 1. The SMILES string of the molecule is C/C=C(/C)CC.C=CC.CC.NS(=O)(=O)c1ccc(-n2cnc(C(F)(F)F)c2)cc1. The fourth-order valence-corrected chi connectivity index (χ4v) is 2.14. The molecule has 1 aromatic carbocycles. The molecule has 170 valence electrons. The average molecular weight is 448 g/mol. The zero-order valence-electron chi connectivity index (χ0n) is 18.4. The number of nitrogens with zero attached hydrogens (tertiary/aromatic N) is 2. The van der Waals surface area contributed by atoms with E-state index in [1.165, 1.54) is 36.3 Å². The van der Waals surface area contributed by atoms with Gasteiger partial charge in [-0.05, 0) is 51.5 Å². The lowest BCUT2D eigenvalue weighted by molar-refractivity contribution is -0.140. The second kappa shape index (κ2) is 14.6. The van der Waals surface area contributed by atoms with Crippen LogP contribution in [0.3, 0.4) is 0 Å². The van der Waals surface area contributed by atoms with E-state index in [2.05, 4.69) is 38.4 Å². The number of aromatic nitrogens is 2. The summed E-state index contributed by atoms with van der Waals surface area (Å²) in [6.07, 6.45) is 2.36. The predicted molar refractivity (Wildman–Crippen MR) is 117 cm³/mol. The number of sulfonamides is 1. The zero-order chi connectivity index (χ0) is 24.0. The van der Waals surface area contributed by atoms with E-state index in [4.69, 9.17) is 5.14 Å². The average Bonchev–Trinajstić information content (AvgIpc) is 3.20. The van der Waals surface area contributed by atoms with Gasteiger partial charge < -0.3 is 4.57 Å². The molecule has 0 spiro atoms. The van der Waals surface area contributed by atoms with Crippen molar-refractivity contribution < 1.29 is 21.6 Å². The number of primary sulfonamides is 1. The number of hydrogen-bond acceptors (Lipinski definition) is 3. The first kappa shape index (κ1) is 29.8. The van der Waals surface area contributed by atoms with Crippen LogP contribution in [0.2, 0.25) is 0 Å². The van der Waals surface area contributed by atoms with E-state index in [1.54, 1.807) is 6.08 Å². The largest absolute Gasteiger partial charge is 0.434 e. The van der Waals surface area contributed by atoms with Crippen molar-refractivity contribution in [1.82, 2.24) is 9.55 Å². The number of alkyl halides is 3. The number of rotatable bonds is 3. The highest BCUT2D eigenvalue weighted by Crippen LogP contribution is 2.28. The van der Waals surface area contributed by atoms with E-state index in [0.29, 0.717) is 5.69 Å². The van der Waals surface area contributed by atoms with Crippen LogP contribution in [0.25, 0.3) is 5.69 Å². The highest BCUT2D eigenvalue weighted by Gasteiger charge is 2.33. The molecule has 5 nitrogen and oxygen atoms in total. The van der Waals surface area contributed by atoms with Crippen LogP contribution >= 0.6 is 0 Å². The molecular formula is C21H32F3N3O2S. The standard InChI is InChI=1S/C10H8F3N3O2S.C6H12.C3H6.C2H6/c11-10(12,13)9-5-16(6-15-9)7-1-3-8(4-2-7)19(14,17)18;1-4-6(3)5-2;1-3-2;1-2/h1-6H,(H2,14,17,18);4H,5H2,1-3H3;3H,1H2,2H3;1-2H3/b;6-4-;;. The van der Waals surface area contributed by atoms with Crippen molar-refractivity contribution in [3.8, 4) is 5.69 Å². The predicted octanol–water partition coefficient (Wildman–Crippen LogP) is 6.12. The molecule has 2 rings (SSSR count). The Morgan fingerprint density at radius 1 is 1.20 bits per heavy atom. The van der Waals surface area contributed by atoms with Gasteiger partial charge in [-0.1, -0.05) is 38.5 Å². The third-order valence-corrected chi connectivity index (χ3v) is 4.32. The van der Waals surface area contributed by atoms with Crippen molar-refractivity contribution in [1.29, 1.82) is 0 Å². The molecule has 1 heterocycles. The molecule has 2 aromatic rings. The minimum Gasteiger partial charge on any atom is -0.306 e. The maximum absolute atomic E-state index is 12.4. The van der Waals surface area contributed by atoms with Crippen molar-refractivity contribution >= 4 is 10.0 Å². The Kier molecular flexibility index (Phi) is 14.5. The third-order valence-electron chi connectivity index (χ3n) is 3.39. The number of allylic oxidation sites excluding steroid dienone is 3. The van der Waals surface area contributed by atoms with Crippen LogP contribution in [0.15, 0.2) is 66.0 Å². The Morgan fingerprint density at radius 3 is 1.93 bits per heavy atom. The van der Waals surface area contributed by atoms with E-state index in [9.17, 15) is 21.6 Å². The smallest absolute Gasteiger partial charge is 0.306 e. The summed E-state index contributed by atoms with van der Waals surface area (Å²) in [5.41, 5.74) is 0.786. The molecule has 30 heavy (non-hydrogen) atoms. The summed E-state index contributed by atoms with van der Waals surface area (Å²) in [4.78, 5) is 3.11. The summed E-state index contributed by atoms with van der Waals surface area (Å²) in [5.74, 6) is 0. The fraction of sp³-hybridized carbons (Fsp3) is 0.381. The lowest BCUT2D eigenvalue weighted by atomic mass is 10.2. The summed E-state index contributed by atoms with van der Waals surface area (Å²) in [5, 5.41) is 4.91. The van der Waals surface area contributed by atoms with Gasteiger partial charge in [-0.3, -0.25) is 0 Å². The Labute approximate surface area is 178 Å². The zero-order valence-corrected chi connectivity index (χ0v) is 19.2. The monoisotopic (exact) mass is 447 g/mol. The van der Waals surface area contributed by atoms with Crippen molar-refractivity contribution in [2.45, 2.75) is 59.0 Å². The molecule has 0 unspecified atom stereocenters. The van der Waals surface area contributed by atoms with Crippen LogP contribution in [0.1, 0.15) is 53.7 Å². The Balaban J connectivity index is 0. The van der Waals surface area contributed by atoms with E-state index in [-0.39, 0.29) is 4.90 Å². The normalized spacial score (nSPS) is 11.1. The van der Waals surface area contributed by atoms with Crippen molar-refractivity contribution in [3.05, 3.63) is 66.8 Å². The van der Waals surface area contributed by atoms with Gasteiger partial charge in [0.2, 0.25) is 10.0 Å². The quantitative estimate of drug-likeness (QED) is 0.576. The van der Waals surface area contributed by atoms with E-state index >= 15 is 0 Å². The van der Waals surface area contributed by atoms with Gasteiger partial charge in [-0.2, -0.15) is 13.2 Å². The van der Waals surface area contributed by atoms with Gasteiger partial charge >= 0.3 is 6.18 Å². The molecule has 9 heteroatoms. The van der Waals surface area contributed by atoms with Gasteiger partial charge in [-0.25, -0.2) is 18.5 Å². The Hall–Kier alpha value is -2.39. The lowest BCUT2D eigenvalue weighted by Crippen LogP contribution is -2.11. The molecule has 0 aliphatic carbocycles. The van der Waals surface area contributed by atoms with Crippen molar-refractivity contribution in [2.24, 2.45) is 5.14 Å². The third kappa shape index (κ3) is 11.6. The van der Waals surface area contributed by atoms with Gasteiger partial charge in [0.25, 0.3) is 0 Å². The molecule has 0 bridgehead atoms.